The lowest BCUT2D eigenvalue weighted by molar-refractivity contribution is -0.0168. The smallest absolute Gasteiger partial charge is 0.0874 e. The highest BCUT2D eigenvalue weighted by Crippen LogP contribution is 2.46. The van der Waals surface area contributed by atoms with Gasteiger partial charge in [0, 0.05) is 15.8 Å². The van der Waals surface area contributed by atoms with E-state index in [1.807, 2.05) is 61.5 Å². The lowest BCUT2D eigenvalue weighted by atomic mass is 9.68. The molecule has 2 aromatic rings. The minimum atomic E-state index is -0.787. The van der Waals surface area contributed by atoms with Gasteiger partial charge in [0.2, 0.25) is 0 Å². The molecule has 0 aliphatic carbocycles. The van der Waals surface area contributed by atoms with Gasteiger partial charge in [-0.3, -0.25) is 0 Å². The van der Waals surface area contributed by atoms with Crippen molar-refractivity contribution in [2.45, 2.75) is 18.9 Å². The third-order valence-electron chi connectivity index (χ3n) is 4.26. The van der Waals surface area contributed by atoms with E-state index in [1.54, 1.807) is 6.08 Å². The molecule has 0 bridgehead atoms. The van der Waals surface area contributed by atoms with Crippen molar-refractivity contribution < 1.29 is 10.2 Å². The Morgan fingerprint density at radius 1 is 1.09 bits per heavy atom. The van der Waals surface area contributed by atoms with Gasteiger partial charge in [0.05, 0.1) is 12.7 Å². The molecule has 22 heavy (non-hydrogen) atoms. The van der Waals surface area contributed by atoms with Crippen molar-refractivity contribution in [2.75, 3.05) is 6.61 Å². The maximum Gasteiger partial charge on any atom is 0.0874 e. The van der Waals surface area contributed by atoms with Gasteiger partial charge >= 0.3 is 0 Å². The van der Waals surface area contributed by atoms with Crippen molar-refractivity contribution in [1.82, 2.24) is 0 Å². The van der Waals surface area contributed by atoms with Gasteiger partial charge in [-0.2, -0.15) is 0 Å². The number of rotatable bonds is 6. The fourth-order valence-electron chi connectivity index (χ4n) is 2.83. The second-order valence-corrected chi connectivity index (χ2v) is 6.66. The zero-order valence-electron chi connectivity index (χ0n) is 12.6. The van der Waals surface area contributed by atoms with Crippen LogP contribution in [-0.4, -0.2) is 16.8 Å². The fourth-order valence-corrected chi connectivity index (χ4v) is 3.09. The molecule has 2 nitrogen and oxygen atoms in total. The minimum Gasteiger partial charge on any atom is -0.396 e. The van der Waals surface area contributed by atoms with Crippen LogP contribution in [0.1, 0.15) is 30.1 Å². The molecule has 3 atom stereocenters. The molecule has 0 radical (unpaired) electrons. The predicted octanol–water partition coefficient (Wildman–Crippen LogP) is 4.45. The van der Waals surface area contributed by atoms with Gasteiger partial charge in [-0.25, -0.2) is 0 Å². The fraction of sp³-hybridized carbons (Fsp3) is 0.263. The number of allylic oxidation sites excluding steroid dienone is 1. The Morgan fingerprint density at radius 2 is 1.68 bits per heavy atom. The van der Waals surface area contributed by atoms with Gasteiger partial charge in [-0.15, -0.1) is 6.58 Å². The maximum absolute atomic E-state index is 10.8. The van der Waals surface area contributed by atoms with Crippen LogP contribution in [0.25, 0.3) is 0 Å². The second-order valence-electron chi connectivity index (χ2n) is 5.74. The Morgan fingerprint density at radius 3 is 2.18 bits per heavy atom. The molecule has 0 saturated carbocycles. The van der Waals surface area contributed by atoms with Gasteiger partial charge in [0.15, 0.2) is 0 Å². The molecule has 116 valence electrons. The molecular weight excluding hydrogens is 340 g/mol. The van der Waals surface area contributed by atoms with Gasteiger partial charge in [-0.1, -0.05) is 71.4 Å². The monoisotopic (exact) mass is 360 g/mol. The molecule has 0 fully saturated rings. The molecule has 0 aliphatic rings. The molecule has 3 heteroatoms. The Kier molecular flexibility index (Phi) is 5.57. The summed E-state index contributed by atoms with van der Waals surface area (Å²) >= 11 is 3.43. The predicted molar refractivity (Wildman–Crippen MR) is 93.7 cm³/mol. The van der Waals surface area contributed by atoms with E-state index < -0.39 is 11.5 Å². The first-order valence-corrected chi connectivity index (χ1v) is 8.04. The number of aliphatic hydroxyl groups is 2. The average Bonchev–Trinajstić information content (AvgIpc) is 2.57. The lowest BCUT2D eigenvalue weighted by Crippen LogP contribution is -2.35. The highest BCUT2D eigenvalue weighted by atomic mass is 79.9. The average molecular weight is 361 g/mol. The van der Waals surface area contributed by atoms with Gasteiger partial charge < -0.3 is 10.2 Å². The molecule has 2 rings (SSSR count). The Labute approximate surface area is 140 Å². The maximum atomic E-state index is 10.8. The van der Waals surface area contributed by atoms with Gasteiger partial charge in [0.25, 0.3) is 0 Å². The Bertz CT molecular complexity index is 609. The van der Waals surface area contributed by atoms with E-state index in [2.05, 4.69) is 22.5 Å². The van der Waals surface area contributed by atoms with Crippen LogP contribution in [0, 0.1) is 5.41 Å². The van der Waals surface area contributed by atoms with Crippen LogP contribution in [-0.2, 0) is 0 Å². The van der Waals surface area contributed by atoms with Crippen molar-refractivity contribution in [3.8, 4) is 0 Å². The lowest BCUT2D eigenvalue weighted by Gasteiger charge is -2.39. The van der Waals surface area contributed by atoms with Crippen LogP contribution >= 0.6 is 15.9 Å². The first-order chi connectivity index (χ1) is 10.5. The summed E-state index contributed by atoms with van der Waals surface area (Å²) in [5.41, 5.74) is 1.06. The zero-order valence-corrected chi connectivity index (χ0v) is 14.2. The van der Waals surface area contributed by atoms with Crippen molar-refractivity contribution in [1.29, 1.82) is 0 Å². The highest BCUT2D eigenvalue weighted by molar-refractivity contribution is 9.10. The molecule has 0 heterocycles. The summed E-state index contributed by atoms with van der Waals surface area (Å²) < 4.78 is 0.994. The number of benzene rings is 2. The quantitative estimate of drug-likeness (QED) is 0.747. The van der Waals surface area contributed by atoms with Crippen LogP contribution in [0.15, 0.2) is 71.7 Å². The van der Waals surface area contributed by atoms with E-state index in [0.29, 0.717) is 0 Å². The van der Waals surface area contributed by atoms with E-state index in [9.17, 15) is 10.2 Å². The summed E-state index contributed by atoms with van der Waals surface area (Å²) in [6, 6.07) is 17.3. The summed E-state index contributed by atoms with van der Waals surface area (Å²) in [5.74, 6) is -0.166. The molecule has 2 N–H and O–H groups in total. The number of hydrogen-bond acceptors (Lipinski definition) is 2. The standard InChI is InChI=1S/C19H21BrO2/c1-3-17(14-9-11-16(20)12-10-14)19(2,13-21)18(22)15-7-5-4-6-8-15/h3-12,17-18,21-22H,1,13H2,2H3/t17-,18+,19+/m0/s1. The van der Waals surface area contributed by atoms with Crippen LogP contribution in [0.5, 0.6) is 0 Å². The number of halogens is 1. The molecule has 0 aliphatic heterocycles. The molecule has 0 amide bonds. The first-order valence-electron chi connectivity index (χ1n) is 7.25. The number of aliphatic hydroxyl groups excluding tert-OH is 2. The topological polar surface area (TPSA) is 40.5 Å². The van der Waals surface area contributed by atoms with E-state index in [-0.39, 0.29) is 12.5 Å². The van der Waals surface area contributed by atoms with Crippen LogP contribution < -0.4 is 0 Å². The Balaban J connectivity index is 2.42. The highest BCUT2D eigenvalue weighted by Gasteiger charge is 2.40. The molecule has 0 unspecified atom stereocenters. The largest absolute Gasteiger partial charge is 0.396 e. The summed E-state index contributed by atoms with van der Waals surface area (Å²) in [7, 11) is 0. The minimum absolute atomic E-state index is 0.143. The van der Waals surface area contributed by atoms with E-state index in [4.69, 9.17) is 0 Å². The van der Waals surface area contributed by atoms with Crippen molar-refractivity contribution in [2.24, 2.45) is 5.41 Å². The Hall–Kier alpha value is -1.42. The molecule has 2 aromatic carbocycles. The van der Waals surface area contributed by atoms with Crippen LogP contribution in [0.2, 0.25) is 0 Å². The summed E-state index contributed by atoms with van der Waals surface area (Å²) in [4.78, 5) is 0. The molecule has 0 spiro atoms. The number of hydrogen-bond donors (Lipinski definition) is 2. The first kappa shape index (κ1) is 16.9. The third kappa shape index (κ3) is 3.32. The summed E-state index contributed by atoms with van der Waals surface area (Å²) in [6.07, 6.45) is 1.01. The van der Waals surface area contributed by atoms with Crippen molar-refractivity contribution >= 4 is 15.9 Å². The van der Waals surface area contributed by atoms with Crippen molar-refractivity contribution in [3.63, 3.8) is 0 Å². The van der Waals surface area contributed by atoms with E-state index in [0.717, 1.165) is 15.6 Å². The third-order valence-corrected chi connectivity index (χ3v) is 4.78. The second kappa shape index (κ2) is 7.23. The summed E-state index contributed by atoms with van der Waals surface area (Å²) in [5, 5.41) is 20.9. The normalized spacial score (nSPS) is 16.5. The van der Waals surface area contributed by atoms with Gasteiger partial charge in [0.1, 0.15) is 0 Å². The molecule has 0 saturated heterocycles. The zero-order chi connectivity index (χ0) is 16.2. The SMILES string of the molecule is C=C[C@@H](c1ccc(Br)cc1)[C@@](C)(CO)[C@H](O)c1ccccc1. The van der Waals surface area contributed by atoms with E-state index >= 15 is 0 Å². The van der Waals surface area contributed by atoms with Crippen LogP contribution in [0.4, 0.5) is 0 Å². The summed E-state index contributed by atoms with van der Waals surface area (Å²) in [6.45, 7) is 5.66. The van der Waals surface area contributed by atoms with E-state index in [1.165, 1.54) is 0 Å². The molecule has 0 aromatic heterocycles. The molecular formula is C19H21BrO2. The van der Waals surface area contributed by atoms with Crippen molar-refractivity contribution in [3.05, 3.63) is 82.9 Å². The van der Waals surface area contributed by atoms with Gasteiger partial charge in [-0.05, 0) is 23.3 Å². The van der Waals surface area contributed by atoms with Crippen LogP contribution in [0.3, 0.4) is 0 Å².